The second-order valence-electron chi connectivity index (χ2n) is 6.42. The molecule has 0 bridgehead atoms. The maximum Gasteiger partial charge on any atom is 0.0701 e. The van der Waals surface area contributed by atoms with E-state index in [0.717, 1.165) is 26.2 Å². The van der Waals surface area contributed by atoms with Crippen LogP contribution in [0.2, 0.25) is 0 Å². The Morgan fingerprint density at radius 3 is 2.00 bits per heavy atom. The van der Waals surface area contributed by atoms with E-state index in [1.54, 1.807) is 0 Å². The Morgan fingerprint density at radius 1 is 1.00 bits per heavy atom. The standard InChI is InChI=1S/C15H33NO2/c1-7-8-16-14(15(4,5)6)12-18-10-9-17-11-13(2)3/h13-14,16H,7-12H2,1-6H3. The fraction of sp³-hybridized carbons (Fsp3) is 1.00. The normalized spacial score (nSPS) is 14.2. The van der Waals surface area contributed by atoms with E-state index in [1.165, 1.54) is 0 Å². The highest BCUT2D eigenvalue weighted by Gasteiger charge is 2.23. The van der Waals surface area contributed by atoms with Gasteiger partial charge in [-0.15, -0.1) is 0 Å². The van der Waals surface area contributed by atoms with Crippen LogP contribution in [0, 0.1) is 11.3 Å². The summed E-state index contributed by atoms with van der Waals surface area (Å²) in [4.78, 5) is 0. The zero-order valence-electron chi connectivity index (χ0n) is 13.2. The largest absolute Gasteiger partial charge is 0.379 e. The fourth-order valence-corrected chi connectivity index (χ4v) is 1.57. The Labute approximate surface area is 114 Å². The number of rotatable bonds is 10. The van der Waals surface area contributed by atoms with Gasteiger partial charge in [0.25, 0.3) is 0 Å². The van der Waals surface area contributed by atoms with Crippen LogP contribution >= 0.6 is 0 Å². The van der Waals surface area contributed by atoms with Gasteiger partial charge in [-0.2, -0.15) is 0 Å². The Kier molecular flexibility index (Phi) is 9.70. The van der Waals surface area contributed by atoms with Crippen LogP contribution in [0.25, 0.3) is 0 Å². The Morgan fingerprint density at radius 2 is 1.56 bits per heavy atom. The molecular formula is C15H33NO2. The Hall–Kier alpha value is -0.120. The molecule has 0 rings (SSSR count). The van der Waals surface area contributed by atoms with Crippen LogP contribution in [-0.2, 0) is 9.47 Å². The van der Waals surface area contributed by atoms with Crippen molar-refractivity contribution in [1.29, 1.82) is 0 Å². The molecule has 110 valence electrons. The molecule has 1 unspecified atom stereocenters. The van der Waals surface area contributed by atoms with Crippen LogP contribution in [-0.4, -0.2) is 39.0 Å². The summed E-state index contributed by atoms with van der Waals surface area (Å²) in [5.41, 5.74) is 0.230. The van der Waals surface area contributed by atoms with Crippen molar-refractivity contribution in [2.75, 3.05) is 33.0 Å². The number of ether oxygens (including phenoxy) is 2. The van der Waals surface area contributed by atoms with E-state index < -0.39 is 0 Å². The lowest BCUT2D eigenvalue weighted by Gasteiger charge is -2.31. The third-order valence-corrected chi connectivity index (χ3v) is 2.79. The van der Waals surface area contributed by atoms with Gasteiger partial charge < -0.3 is 14.8 Å². The third-order valence-electron chi connectivity index (χ3n) is 2.79. The first-order chi connectivity index (χ1) is 8.38. The van der Waals surface area contributed by atoms with Crippen molar-refractivity contribution in [3.63, 3.8) is 0 Å². The second kappa shape index (κ2) is 9.76. The summed E-state index contributed by atoms with van der Waals surface area (Å²) >= 11 is 0. The molecule has 0 amide bonds. The summed E-state index contributed by atoms with van der Waals surface area (Å²) in [6.45, 7) is 17.3. The van der Waals surface area contributed by atoms with Gasteiger partial charge in [0.05, 0.1) is 19.8 Å². The number of nitrogens with one attached hydrogen (secondary N) is 1. The highest BCUT2D eigenvalue weighted by Crippen LogP contribution is 2.19. The second-order valence-corrected chi connectivity index (χ2v) is 6.42. The molecule has 1 N–H and O–H groups in total. The predicted octanol–water partition coefficient (Wildman–Crippen LogP) is 3.09. The van der Waals surface area contributed by atoms with Crippen molar-refractivity contribution < 1.29 is 9.47 Å². The highest BCUT2D eigenvalue weighted by molar-refractivity contribution is 4.79. The molecule has 0 spiro atoms. The lowest BCUT2D eigenvalue weighted by atomic mass is 9.87. The van der Waals surface area contributed by atoms with Gasteiger partial charge in [-0.3, -0.25) is 0 Å². The van der Waals surface area contributed by atoms with E-state index in [9.17, 15) is 0 Å². The maximum atomic E-state index is 5.71. The number of hydrogen-bond donors (Lipinski definition) is 1. The van der Waals surface area contributed by atoms with Crippen molar-refractivity contribution in [3.05, 3.63) is 0 Å². The molecule has 0 fully saturated rings. The molecule has 3 nitrogen and oxygen atoms in total. The van der Waals surface area contributed by atoms with Gasteiger partial charge in [-0.25, -0.2) is 0 Å². The lowest BCUT2D eigenvalue weighted by Crippen LogP contribution is -2.44. The van der Waals surface area contributed by atoms with Gasteiger partial charge in [0.2, 0.25) is 0 Å². The quantitative estimate of drug-likeness (QED) is 0.612. The van der Waals surface area contributed by atoms with Crippen molar-refractivity contribution in [2.24, 2.45) is 11.3 Å². The molecule has 0 aromatic heterocycles. The molecule has 3 heteroatoms. The molecule has 0 aromatic carbocycles. The third kappa shape index (κ3) is 9.86. The van der Waals surface area contributed by atoms with E-state index in [2.05, 4.69) is 46.9 Å². The molecule has 1 atom stereocenters. The summed E-state index contributed by atoms with van der Waals surface area (Å²) in [5.74, 6) is 0.596. The Balaban J connectivity index is 3.70. The zero-order chi connectivity index (χ0) is 14.0. The molecule has 18 heavy (non-hydrogen) atoms. The molecule has 0 aliphatic rings. The first kappa shape index (κ1) is 17.9. The lowest BCUT2D eigenvalue weighted by molar-refractivity contribution is 0.0181. The van der Waals surface area contributed by atoms with Crippen LogP contribution in [0.4, 0.5) is 0 Å². The summed E-state index contributed by atoms with van der Waals surface area (Å²) in [7, 11) is 0. The van der Waals surface area contributed by atoms with Gasteiger partial charge in [0, 0.05) is 12.6 Å². The van der Waals surface area contributed by atoms with Gasteiger partial charge in [0.1, 0.15) is 0 Å². The van der Waals surface area contributed by atoms with Crippen LogP contribution in [0.15, 0.2) is 0 Å². The highest BCUT2D eigenvalue weighted by atomic mass is 16.5. The first-order valence-corrected chi connectivity index (χ1v) is 7.26. The summed E-state index contributed by atoms with van der Waals surface area (Å²) < 4.78 is 11.2. The summed E-state index contributed by atoms with van der Waals surface area (Å²) in [6, 6.07) is 0.405. The van der Waals surface area contributed by atoms with E-state index in [0.29, 0.717) is 25.2 Å². The van der Waals surface area contributed by atoms with Gasteiger partial charge >= 0.3 is 0 Å². The van der Waals surface area contributed by atoms with Crippen molar-refractivity contribution in [3.8, 4) is 0 Å². The number of hydrogen-bond acceptors (Lipinski definition) is 3. The topological polar surface area (TPSA) is 30.5 Å². The minimum atomic E-state index is 0.230. The van der Waals surface area contributed by atoms with Gasteiger partial charge in [0.15, 0.2) is 0 Å². The smallest absolute Gasteiger partial charge is 0.0701 e. The average Bonchev–Trinajstić information content (AvgIpc) is 2.24. The van der Waals surface area contributed by atoms with Crippen LogP contribution in [0.5, 0.6) is 0 Å². The predicted molar refractivity (Wildman–Crippen MR) is 78.0 cm³/mol. The van der Waals surface area contributed by atoms with Gasteiger partial charge in [-0.05, 0) is 24.3 Å². The minimum Gasteiger partial charge on any atom is -0.379 e. The first-order valence-electron chi connectivity index (χ1n) is 7.26. The monoisotopic (exact) mass is 259 g/mol. The average molecular weight is 259 g/mol. The summed E-state index contributed by atoms with van der Waals surface area (Å²) in [6.07, 6.45) is 1.16. The van der Waals surface area contributed by atoms with E-state index in [1.807, 2.05) is 0 Å². The molecule has 0 aromatic rings. The molecule has 0 radical (unpaired) electrons. The summed E-state index contributed by atoms with van der Waals surface area (Å²) in [5, 5.41) is 3.55. The van der Waals surface area contributed by atoms with Crippen molar-refractivity contribution >= 4 is 0 Å². The van der Waals surface area contributed by atoms with E-state index in [-0.39, 0.29) is 5.41 Å². The molecule has 0 saturated heterocycles. The molecule has 0 saturated carbocycles. The van der Waals surface area contributed by atoms with E-state index in [4.69, 9.17) is 9.47 Å². The molecule has 0 aliphatic heterocycles. The fourth-order valence-electron chi connectivity index (χ4n) is 1.57. The maximum absolute atomic E-state index is 5.71. The SMILES string of the molecule is CCCNC(COCCOCC(C)C)C(C)(C)C. The van der Waals surface area contributed by atoms with Crippen LogP contribution in [0.3, 0.4) is 0 Å². The van der Waals surface area contributed by atoms with Crippen molar-refractivity contribution in [2.45, 2.75) is 54.0 Å². The zero-order valence-corrected chi connectivity index (χ0v) is 13.2. The van der Waals surface area contributed by atoms with Crippen molar-refractivity contribution in [1.82, 2.24) is 5.32 Å². The molecule has 0 aliphatic carbocycles. The van der Waals surface area contributed by atoms with Crippen LogP contribution in [0.1, 0.15) is 48.0 Å². The minimum absolute atomic E-state index is 0.230. The van der Waals surface area contributed by atoms with Gasteiger partial charge in [-0.1, -0.05) is 41.5 Å². The molecule has 0 heterocycles. The molecular weight excluding hydrogens is 226 g/mol. The van der Waals surface area contributed by atoms with Crippen LogP contribution < -0.4 is 5.32 Å². The Bertz CT molecular complexity index is 187. The van der Waals surface area contributed by atoms with E-state index >= 15 is 0 Å².